The lowest BCUT2D eigenvalue weighted by Crippen LogP contribution is -1.96. The summed E-state index contributed by atoms with van der Waals surface area (Å²) in [6.45, 7) is 0. The van der Waals surface area contributed by atoms with Crippen molar-refractivity contribution in [2.75, 3.05) is 5.73 Å². The number of rotatable bonds is 3. The van der Waals surface area contributed by atoms with Crippen LogP contribution in [0.2, 0.25) is 0 Å². The molecule has 1 aliphatic rings. The Bertz CT molecular complexity index is 507. The Hall–Kier alpha value is -1.97. The van der Waals surface area contributed by atoms with Gasteiger partial charge in [0, 0.05) is 18.7 Å². The average Bonchev–Trinajstić information content (AvgIpc) is 3.07. The van der Waals surface area contributed by atoms with Gasteiger partial charge in [-0.3, -0.25) is 4.68 Å². The molecule has 4 heteroatoms. The van der Waals surface area contributed by atoms with Crippen LogP contribution in [0, 0.1) is 0 Å². The van der Waals surface area contributed by atoms with E-state index in [0.29, 0.717) is 11.9 Å². The number of nitrogen functional groups attached to an aromatic ring is 1. The molecule has 0 spiro atoms. The summed E-state index contributed by atoms with van der Waals surface area (Å²) in [7, 11) is 1.84. The molecular formula is C13H15N3O. The quantitative estimate of drug-likeness (QED) is 0.877. The van der Waals surface area contributed by atoms with Crippen LogP contribution in [0.25, 0.3) is 11.3 Å². The molecule has 2 N–H and O–H groups in total. The first kappa shape index (κ1) is 10.2. The molecule has 3 rings (SSSR count). The molecule has 4 nitrogen and oxygen atoms in total. The fraction of sp³-hybridized carbons (Fsp3) is 0.308. The summed E-state index contributed by atoms with van der Waals surface area (Å²) in [6, 6.07) is 9.87. The van der Waals surface area contributed by atoms with Gasteiger partial charge in [-0.2, -0.15) is 5.10 Å². The lowest BCUT2D eigenvalue weighted by molar-refractivity contribution is 0.303. The highest BCUT2D eigenvalue weighted by molar-refractivity contribution is 5.63. The van der Waals surface area contributed by atoms with Gasteiger partial charge in [-0.05, 0) is 37.1 Å². The first-order chi connectivity index (χ1) is 8.22. The molecule has 0 aliphatic heterocycles. The molecular weight excluding hydrogens is 214 g/mol. The lowest BCUT2D eigenvalue weighted by atomic mass is 10.1. The molecule has 0 bridgehead atoms. The molecule has 1 heterocycles. The van der Waals surface area contributed by atoms with Crippen molar-refractivity contribution in [1.29, 1.82) is 0 Å². The van der Waals surface area contributed by atoms with E-state index >= 15 is 0 Å². The third-order valence-electron chi connectivity index (χ3n) is 2.89. The van der Waals surface area contributed by atoms with Crippen molar-refractivity contribution in [3.63, 3.8) is 0 Å². The van der Waals surface area contributed by atoms with Crippen LogP contribution in [0.3, 0.4) is 0 Å². The zero-order valence-corrected chi connectivity index (χ0v) is 9.76. The van der Waals surface area contributed by atoms with Gasteiger partial charge in [0.25, 0.3) is 0 Å². The standard InChI is InChI=1S/C13H15N3O/c1-16-13(14)8-12(15-16)9-2-4-10(5-3-9)17-11-6-7-11/h2-5,8,11H,6-7,14H2,1H3. The number of aromatic nitrogens is 2. The van der Waals surface area contributed by atoms with Crippen molar-refractivity contribution in [1.82, 2.24) is 9.78 Å². The van der Waals surface area contributed by atoms with Gasteiger partial charge in [0.05, 0.1) is 11.8 Å². The highest BCUT2D eigenvalue weighted by atomic mass is 16.5. The minimum Gasteiger partial charge on any atom is -0.490 e. The molecule has 1 aliphatic carbocycles. The second kappa shape index (κ2) is 3.80. The first-order valence-electron chi connectivity index (χ1n) is 5.79. The highest BCUT2D eigenvalue weighted by Crippen LogP contribution is 2.28. The Morgan fingerprint density at radius 3 is 2.53 bits per heavy atom. The smallest absolute Gasteiger partial charge is 0.121 e. The molecule has 88 valence electrons. The van der Waals surface area contributed by atoms with Crippen molar-refractivity contribution in [3.05, 3.63) is 30.3 Å². The van der Waals surface area contributed by atoms with E-state index in [0.717, 1.165) is 17.0 Å². The molecule has 1 aromatic heterocycles. The van der Waals surface area contributed by atoms with Gasteiger partial charge >= 0.3 is 0 Å². The van der Waals surface area contributed by atoms with E-state index in [1.807, 2.05) is 37.4 Å². The summed E-state index contributed by atoms with van der Waals surface area (Å²) < 4.78 is 7.37. The molecule has 1 fully saturated rings. The zero-order valence-electron chi connectivity index (χ0n) is 9.76. The maximum absolute atomic E-state index is 5.76. The topological polar surface area (TPSA) is 53.1 Å². The molecule has 0 amide bonds. The minimum atomic E-state index is 0.436. The fourth-order valence-electron chi connectivity index (χ4n) is 1.71. The van der Waals surface area contributed by atoms with E-state index in [4.69, 9.17) is 10.5 Å². The maximum Gasteiger partial charge on any atom is 0.121 e. The van der Waals surface area contributed by atoms with Crippen LogP contribution in [0.5, 0.6) is 5.75 Å². The molecule has 17 heavy (non-hydrogen) atoms. The Labute approximate surface area is 100 Å². The van der Waals surface area contributed by atoms with E-state index in [9.17, 15) is 0 Å². The van der Waals surface area contributed by atoms with Crippen molar-refractivity contribution < 1.29 is 4.74 Å². The van der Waals surface area contributed by atoms with Crippen LogP contribution in [0.4, 0.5) is 5.82 Å². The van der Waals surface area contributed by atoms with Crippen LogP contribution in [-0.4, -0.2) is 15.9 Å². The summed E-state index contributed by atoms with van der Waals surface area (Å²) in [5.74, 6) is 1.60. The van der Waals surface area contributed by atoms with Crippen molar-refractivity contribution in [2.24, 2.45) is 7.05 Å². The Balaban J connectivity index is 1.82. The summed E-state index contributed by atoms with van der Waals surface area (Å²) in [6.07, 6.45) is 2.79. The van der Waals surface area contributed by atoms with E-state index in [2.05, 4.69) is 5.10 Å². The number of nitrogens with two attached hydrogens (primary N) is 1. The van der Waals surface area contributed by atoms with Gasteiger partial charge in [-0.1, -0.05) is 0 Å². The van der Waals surface area contributed by atoms with Gasteiger partial charge in [-0.15, -0.1) is 0 Å². The van der Waals surface area contributed by atoms with Gasteiger partial charge in [0.1, 0.15) is 11.6 Å². The average molecular weight is 229 g/mol. The number of ether oxygens (including phenoxy) is 1. The van der Waals surface area contributed by atoms with E-state index in [1.54, 1.807) is 4.68 Å². The van der Waals surface area contributed by atoms with E-state index in [1.165, 1.54) is 12.8 Å². The maximum atomic E-state index is 5.76. The monoisotopic (exact) mass is 229 g/mol. The van der Waals surface area contributed by atoms with E-state index in [-0.39, 0.29) is 0 Å². The second-order valence-corrected chi connectivity index (χ2v) is 4.42. The Morgan fingerprint density at radius 1 is 1.29 bits per heavy atom. The number of anilines is 1. The number of hydrogen-bond donors (Lipinski definition) is 1. The largest absolute Gasteiger partial charge is 0.490 e. The van der Waals surface area contributed by atoms with Crippen LogP contribution in [-0.2, 0) is 7.05 Å². The van der Waals surface area contributed by atoms with Crippen molar-refractivity contribution in [3.8, 4) is 17.0 Å². The molecule has 0 radical (unpaired) electrons. The van der Waals surface area contributed by atoms with Crippen LogP contribution in [0.1, 0.15) is 12.8 Å². The molecule has 1 aromatic carbocycles. The zero-order chi connectivity index (χ0) is 11.8. The fourth-order valence-corrected chi connectivity index (χ4v) is 1.71. The second-order valence-electron chi connectivity index (χ2n) is 4.42. The third-order valence-corrected chi connectivity index (χ3v) is 2.89. The van der Waals surface area contributed by atoms with Crippen LogP contribution in [0.15, 0.2) is 30.3 Å². The first-order valence-corrected chi connectivity index (χ1v) is 5.79. The van der Waals surface area contributed by atoms with Gasteiger partial charge in [0.15, 0.2) is 0 Å². The van der Waals surface area contributed by atoms with Crippen LogP contribution < -0.4 is 10.5 Å². The number of hydrogen-bond acceptors (Lipinski definition) is 3. The van der Waals surface area contributed by atoms with Crippen LogP contribution >= 0.6 is 0 Å². The van der Waals surface area contributed by atoms with E-state index < -0.39 is 0 Å². The number of nitrogens with zero attached hydrogens (tertiary/aromatic N) is 2. The minimum absolute atomic E-state index is 0.436. The summed E-state index contributed by atoms with van der Waals surface area (Å²) in [5.41, 5.74) is 7.71. The number of benzene rings is 1. The Morgan fingerprint density at radius 2 is 2.00 bits per heavy atom. The van der Waals surface area contributed by atoms with Crippen molar-refractivity contribution >= 4 is 5.82 Å². The highest BCUT2D eigenvalue weighted by Gasteiger charge is 2.23. The predicted octanol–water partition coefficient (Wildman–Crippen LogP) is 2.21. The van der Waals surface area contributed by atoms with Gasteiger partial charge < -0.3 is 10.5 Å². The summed E-state index contributed by atoms with van der Waals surface area (Å²) >= 11 is 0. The molecule has 2 aromatic rings. The molecule has 1 saturated carbocycles. The number of aryl methyl sites for hydroxylation is 1. The Kier molecular flexibility index (Phi) is 2.28. The molecule has 0 unspecified atom stereocenters. The summed E-state index contributed by atoms with van der Waals surface area (Å²) in [4.78, 5) is 0. The third kappa shape index (κ3) is 2.11. The molecule has 0 saturated heterocycles. The SMILES string of the molecule is Cn1nc(-c2ccc(OC3CC3)cc2)cc1N. The lowest BCUT2D eigenvalue weighted by Gasteiger charge is -2.04. The van der Waals surface area contributed by atoms with Gasteiger partial charge in [0.2, 0.25) is 0 Å². The summed E-state index contributed by atoms with van der Waals surface area (Å²) in [5, 5.41) is 4.33. The normalized spacial score (nSPS) is 14.9. The van der Waals surface area contributed by atoms with Gasteiger partial charge in [-0.25, -0.2) is 0 Å². The molecule has 0 atom stereocenters. The predicted molar refractivity (Wildman–Crippen MR) is 66.7 cm³/mol. The van der Waals surface area contributed by atoms with Crippen molar-refractivity contribution in [2.45, 2.75) is 18.9 Å².